The van der Waals surface area contributed by atoms with E-state index in [-0.39, 0.29) is 17.9 Å². The topological polar surface area (TPSA) is 75.4 Å². The van der Waals surface area contributed by atoms with E-state index in [4.69, 9.17) is 4.42 Å². The number of likely N-dealkylation sites (tertiary alicyclic amines) is 1. The normalized spacial score (nSPS) is 15.0. The molecule has 3 aromatic rings. The molecule has 1 aliphatic heterocycles. The monoisotopic (exact) mass is 377 g/mol. The minimum Gasteiger partial charge on any atom is -0.466 e. The first-order chi connectivity index (χ1) is 13.5. The summed E-state index contributed by atoms with van der Waals surface area (Å²) in [6, 6.07) is 11.2. The van der Waals surface area contributed by atoms with Gasteiger partial charge in [-0.3, -0.25) is 14.6 Å². The fourth-order valence-electron chi connectivity index (χ4n) is 3.81. The third-order valence-electron chi connectivity index (χ3n) is 5.28. The molecule has 6 nitrogen and oxygen atoms in total. The SMILES string of the molecule is Cc1cc(C(=O)NC2CCN(C(=O)c3cccc4ncccc34)CC2)c(C)o1. The van der Waals surface area contributed by atoms with Crippen LogP contribution in [0.1, 0.15) is 45.1 Å². The van der Waals surface area contributed by atoms with Crippen LogP contribution < -0.4 is 5.32 Å². The van der Waals surface area contributed by atoms with Crippen molar-refractivity contribution in [1.82, 2.24) is 15.2 Å². The number of fused-ring (bicyclic) bond motifs is 1. The van der Waals surface area contributed by atoms with Crippen LogP contribution in [0.5, 0.6) is 0 Å². The standard InChI is InChI=1S/C22H23N3O3/c1-14-13-19(15(2)28-14)21(26)24-16-8-11-25(12-9-16)22(27)18-5-3-7-20-17(18)6-4-10-23-20/h3-7,10,13,16H,8-9,11-12H2,1-2H3,(H,24,26). The van der Waals surface area contributed by atoms with Crippen molar-refractivity contribution in [1.29, 1.82) is 0 Å². The Balaban J connectivity index is 1.40. The van der Waals surface area contributed by atoms with Crippen molar-refractivity contribution in [2.45, 2.75) is 32.7 Å². The maximum atomic E-state index is 13.0. The number of hydrogen-bond donors (Lipinski definition) is 1. The molecule has 1 saturated heterocycles. The van der Waals surface area contributed by atoms with E-state index in [1.54, 1.807) is 19.2 Å². The molecule has 4 rings (SSSR count). The fraction of sp³-hybridized carbons (Fsp3) is 0.318. The van der Waals surface area contributed by atoms with Gasteiger partial charge in [-0.2, -0.15) is 0 Å². The van der Waals surface area contributed by atoms with Crippen molar-refractivity contribution in [3.63, 3.8) is 0 Å². The largest absolute Gasteiger partial charge is 0.466 e. The van der Waals surface area contributed by atoms with Crippen molar-refractivity contribution < 1.29 is 14.0 Å². The van der Waals surface area contributed by atoms with Crippen LogP contribution in [0.2, 0.25) is 0 Å². The van der Waals surface area contributed by atoms with E-state index in [2.05, 4.69) is 10.3 Å². The van der Waals surface area contributed by atoms with Gasteiger partial charge >= 0.3 is 0 Å². The molecular formula is C22H23N3O3. The highest BCUT2D eigenvalue weighted by Crippen LogP contribution is 2.21. The van der Waals surface area contributed by atoms with Crippen molar-refractivity contribution in [2.24, 2.45) is 0 Å². The maximum absolute atomic E-state index is 13.0. The van der Waals surface area contributed by atoms with Gasteiger partial charge in [0.1, 0.15) is 11.5 Å². The summed E-state index contributed by atoms with van der Waals surface area (Å²) < 4.78 is 5.44. The van der Waals surface area contributed by atoms with Gasteiger partial charge in [-0.1, -0.05) is 12.1 Å². The highest BCUT2D eigenvalue weighted by Gasteiger charge is 2.26. The zero-order valence-corrected chi connectivity index (χ0v) is 16.1. The molecule has 0 unspecified atom stereocenters. The molecule has 0 spiro atoms. The van der Waals surface area contributed by atoms with Gasteiger partial charge < -0.3 is 14.6 Å². The van der Waals surface area contributed by atoms with E-state index in [9.17, 15) is 9.59 Å². The van der Waals surface area contributed by atoms with E-state index in [1.165, 1.54) is 0 Å². The van der Waals surface area contributed by atoms with Crippen LogP contribution in [0, 0.1) is 13.8 Å². The highest BCUT2D eigenvalue weighted by molar-refractivity contribution is 6.06. The second kappa shape index (κ2) is 7.46. The first kappa shape index (κ1) is 18.2. The molecule has 28 heavy (non-hydrogen) atoms. The molecule has 2 amide bonds. The van der Waals surface area contributed by atoms with Gasteiger partial charge in [-0.05, 0) is 51.0 Å². The minimum absolute atomic E-state index is 0.0182. The Morgan fingerprint density at radius 1 is 1.11 bits per heavy atom. The predicted molar refractivity (Wildman–Crippen MR) is 106 cm³/mol. The van der Waals surface area contributed by atoms with Crippen LogP contribution in [-0.4, -0.2) is 40.8 Å². The highest BCUT2D eigenvalue weighted by atomic mass is 16.3. The number of aromatic nitrogens is 1. The van der Waals surface area contributed by atoms with E-state index >= 15 is 0 Å². The molecule has 1 fully saturated rings. The molecule has 6 heteroatoms. The molecular weight excluding hydrogens is 354 g/mol. The lowest BCUT2D eigenvalue weighted by atomic mass is 10.0. The van der Waals surface area contributed by atoms with Gasteiger partial charge in [-0.25, -0.2) is 0 Å². The predicted octanol–water partition coefficient (Wildman–Crippen LogP) is 3.48. The first-order valence-electron chi connectivity index (χ1n) is 9.54. The smallest absolute Gasteiger partial charge is 0.255 e. The summed E-state index contributed by atoms with van der Waals surface area (Å²) in [5.74, 6) is 1.27. The summed E-state index contributed by atoms with van der Waals surface area (Å²) in [6.07, 6.45) is 3.20. The number of hydrogen-bond acceptors (Lipinski definition) is 4. The summed E-state index contributed by atoms with van der Waals surface area (Å²) in [5.41, 5.74) is 2.08. The van der Waals surface area contributed by atoms with Crippen molar-refractivity contribution >= 4 is 22.7 Å². The zero-order valence-electron chi connectivity index (χ0n) is 16.1. The van der Waals surface area contributed by atoms with Crippen LogP contribution in [0.25, 0.3) is 10.9 Å². The maximum Gasteiger partial charge on any atom is 0.255 e. The molecule has 2 aromatic heterocycles. The number of aryl methyl sites for hydroxylation is 2. The third-order valence-corrected chi connectivity index (χ3v) is 5.28. The van der Waals surface area contributed by atoms with Gasteiger partial charge in [-0.15, -0.1) is 0 Å². The van der Waals surface area contributed by atoms with E-state index in [0.29, 0.717) is 30.0 Å². The summed E-state index contributed by atoms with van der Waals surface area (Å²) in [7, 11) is 0. The molecule has 0 aliphatic carbocycles. The van der Waals surface area contributed by atoms with Crippen LogP contribution in [0.4, 0.5) is 0 Å². The average Bonchev–Trinajstić information content (AvgIpc) is 3.06. The molecule has 1 aromatic carbocycles. The Labute approximate surface area is 163 Å². The van der Waals surface area contributed by atoms with Gasteiger partial charge in [0.05, 0.1) is 11.1 Å². The molecule has 1 aliphatic rings. The quantitative estimate of drug-likeness (QED) is 0.758. The number of amides is 2. The summed E-state index contributed by atoms with van der Waals surface area (Å²) in [5, 5.41) is 3.94. The Kier molecular flexibility index (Phi) is 4.86. The second-order valence-corrected chi connectivity index (χ2v) is 7.24. The van der Waals surface area contributed by atoms with Gasteiger partial charge in [0.2, 0.25) is 0 Å². The lowest BCUT2D eigenvalue weighted by Crippen LogP contribution is -2.46. The van der Waals surface area contributed by atoms with E-state index in [1.807, 2.05) is 42.2 Å². The number of carbonyl (C=O) groups excluding carboxylic acids is 2. The number of benzene rings is 1. The molecule has 0 radical (unpaired) electrons. The number of nitrogens with zero attached hydrogens (tertiary/aromatic N) is 2. The number of pyridine rings is 1. The lowest BCUT2D eigenvalue weighted by molar-refractivity contribution is 0.0700. The van der Waals surface area contributed by atoms with Crippen LogP contribution >= 0.6 is 0 Å². The van der Waals surface area contributed by atoms with E-state index < -0.39 is 0 Å². The Morgan fingerprint density at radius 2 is 1.89 bits per heavy atom. The van der Waals surface area contributed by atoms with Crippen LogP contribution in [0.3, 0.4) is 0 Å². The van der Waals surface area contributed by atoms with Gasteiger partial charge in [0.25, 0.3) is 11.8 Å². The molecule has 144 valence electrons. The molecule has 3 heterocycles. The molecule has 0 bridgehead atoms. The van der Waals surface area contributed by atoms with Gasteiger partial charge in [0, 0.05) is 36.3 Å². The average molecular weight is 377 g/mol. The fourth-order valence-corrected chi connectivity index (χ4v) is 3.81. The van der Waals surface area contributed by atoms with Crippen molar-refractivity contribution in [3.8, 4) is 0 Å². The molecule has 0 saturated carbocycles. The number of nitrogens with one attached hydrogen (secondary N) is 1. The summed E-state index contributed by atoms with van der Waals surface area (Å²) in [6.45, 7) is 4.85. The first-order valence-corrected chi connectivity index (χ1v) is 9.54. The summed E-state index contributed by atoms with van der Waals surface area (Å²) in [4.78, 5) is 31.7. The third kappa shape index (κ3) is 3.50. The Morgan fingerprint density at radius 3 is 2.61 bits per heavy atom. The zero-order chi connectivity index (χ0) is 19.7. The van der Waals surface area contributed by atoms with Gasteiger partial charge in [0.15, 0.2) is 0 Å². The molecule has 1 N–H and O–H groups in total. The molecule has 0 atom stereocenters. The van der Waals surface area contributed by atoms with E-state index in [0.717, 1.165) is 29.5 Å². The number of piperidine rings is 1. The lowest BCUT2D eigenvalue weighted by Gasteiger charge is -2.32. The van der Waals surface area contributed by atoms with Crippen molar-refractivity contribution in [3.05, 3.63) is 65.2 Å². The number of carbonyl (C=O) groups is 2. The Bertz CT molecular complexity index is 1030. The number of rotatable bonds is 3. The minimum atomic E-state index is -0.112. The number of furan rings is 1. The van der Waals surface area contributed by atoms with Crippen LogP contribution in [0.15, 0.2) is 47.0 Å². The second-order valence-electron chi connectivity index (χ2n) is 7.24. The summed E-state index contributed by atoms with van der Waals surface area (Å²) >= 11 is 0. The van der Waals surface area contributed by atoms with Crippen molar-refractivity contribution in [2.75, 3.05) is 13.1 Å². The van der Waals surface area contributed by atoms with Crippen LogP contribution in [-0.2, 0) is 0 Å². The Hall–Kier alpha value is -3.15.